The molecule has 2 unspecified atom stereocenters. The van der Waals surface area contributed by atoms with Gasteiger partial charge in [0.05, 0.1) is 0 Å². The van der Waals surface area contributed by atoms with Crippen molar-refractivity contribution in [1.29, 1.82) is 0 Å². The van der Waals surface area contributed by atoms with Crippen LogP contribution in [0, 0.1) is 11.8 Å². The van der Waals surface area contributed by atoms with Crippen molar-refractivity contribution in [2.24, 2.45) is 16.8 Å². The topological polar surface area (TPSA) is 21.6 Å². The molecule has 56 valence electrons. The van der Waals surface area contributed by atoms with Gasteiger partial charge in [-0.25, -0.2) is 0 Å². The predicted octanol–water partition coefficient (Wildman–Crippen LogP) is 1.11. The summed E-state index contributed by atoms with van der Waals surface area (Å²) in [5.41, 5.74) is 0. The lowest BCUT2D eigenvalue weighted by Gasteiger charge is -2.02. The number of rotatable bonds is 1. The van der Waals surface area contributed by atoms with Gasteiger partial charge in [-0.05, 0) is 31.4 Å². The number of aliphatic imine (C=N–C) groups is 1. The lowest BCUT2D eigenvalue weighted by Crippen LogP contribution is -2.01. The number of hydrogen-bond acceptors (Lipinski definition) is 2. The van der Waals surface area contributed by atoms with Crippen molar-refractivity contribution in [2.45, 2.75) is 18.9 Å². The van der Waals surface area contributed by atoms with Gasteiger partial charge < -0.3 is 4.74 Å². The minimum atomic E-state index is 0.541. The van der Waals surface area contributed by atoms with Gasteiger partial charge in [-0.3, -0.25) is 4.99 Å². The van der Waals surface area contributed by atoms with E-state index < -0.39 is 0 Å². The highest BCUT2D eigenvalue weighted by molar-refractivity contribution is 5.24. The second-order valence-electron chi connectivity index (χ2n) is 3.37. The summed E-state index contributed by atoms with van der Waals surface area (Å²) >= 11 is 0. The predicted molar refractivity (Wildman–Crippen MR) is 40.4 cm³/mol. The zero-order valence-corrected chi connectivity index (χ0v) is 6.12. The number of fused-ring (bicyclic) bond motifs is 1. The summed E-state index contributed by atoms with van der Waals surface area (Å²) < 4.78 is 5.34. The molecule has 0 spiro atoms. The summed E-state index contributed by atoms with van der Waals surface area (Å²) in [7, 11) is 0. The number of hydrogen-bond donors (Lipinski definition) is 0. The van der Waals surface area contributed by atoms with Gasteiger partial charge in [0.1, 0.15) is 0 Å². The second-order valence-corrected chi connectivity index (χ2v) is 3.37. The van der Waals surface area contributed by atoms with Crippen LogP contribution in [-0.2, 0) is 4.74 Å². The summed E-state index contributed by atoms with van der Waals surface area (Å²) in [6, 6.07) is 0.541. The molecular weight excluding hydrogens is 126 g/mol. The summed E-state index contributed by atoms with van der Waals surface area (Å²) in [5, 5.41) is 0. The van der Waals surface area contributed by atoms with Crippen LogP contribution in [0.5, 0.6) is 0 Å². The third kappa shape index (κ3) is 0.870. The largest absolute Gasteiger partial charge is 0.381 e. The fraction of sp³-hybridized carbons (Fsp3) is 0.875. The third-order valence-electron chi connectivity index (χ3n) is 2.74. The zero-order valence-electron chi connectivity index (χ0n) is 6.12. The van der Waals surface area contributed by atoms with Gasteiger partial charge in [0.2, 0.25) is 0 Å². The van der Waals surface area contributed by atoms with Gasteiger partial charge in [-0.15, -0.1) is 0 Å². The highest BCUT2D eigenvalue weighted by Crippen LogP contribution is 2.37. The molecule has 2 fully saturated rings. The molecule has 0 N–H and O–H groups in total. The maximum Gasteiger partial charge on any atom is 0.0499 e. The van der Waals surface area contributed by atoms with E-state index in [9.17, 15) is 0 Å². The molecule has 0 amide bonds. The Morgan fingerprint density at radius 1 is 1.20 bits per heavy atom. The maximum absolute atomic E-state index is 5.34. The first-order chi connectivity index (χ1) is 4.90. The van der Waals surface area contributed by atoms with Crippen LogP contribution in [0.3, 0.4) is 0 Å². The molecule has 2 heteroatoms. The Morgan fingerprint density at radius 3 is 2.30 bits per heavy atom. The van der Waals surface area contributed by atoms with Crippen molar-refractivity contribution in [3.05, 3.63) is 0 Å². The lowest BCUT2D eigenvalue weighted by molar-refractivity contribution is 0.171. The maximum atomic E-state index is 5.34. The van der Waals surface area contributed by atoms with Crippen LogP contribution >= 0.6 is 0 Å². The molecule has 1 heterocycles. The van der Waals surface area contributed by atoms with E-state index in [1.165, 1.54) is 12.8 Å². The molecule has 2 aliphatic rings. The summed E-state index contributed by atoms with van der Waals surface area (Å²) in [6.45, 7) is 5.52. The average molecular weight is 139 g/mol. The van der Waals surface area contributed by atoms with Crippen molar-refractivity contribution in [3.8, 4) is 0 Å². The lowest BCUT2D eigenvalue weighted by atomic mass is 10.0. The van der Waals surface area contributed by atoms with Crippen LogP contribution < -0.4 is 0 Å². The van der Waals surface area contributed by atoms with E-state index in [-0.39, 0.29) is 0 Å². The van der Waals surface area contributed by atoms with Gasteiger partial charge >= 0.3 is 0 Å². The molecule has 2 rings (SSSR count). The monoisotopic (exact) mass is 139 g/mol. The SMILES string of the molecule is C=NC1CC2COCC2C1. The minimum absolute atomic E-state index is 0.541. The van der Waals surface area contributed by atoms with E-state index >= 15 is 0 Å². The summed E-state index contributed by atoms with van der Waals surface area (Å²) in [4.78, 5) is 4.06. The van der Waals surface area contributed by atoms with Gasteiger partial charge in [0.15, 0.2) is 0 Å². The number of nitrogens with zero attached hydrogens (tertiary/aromatic N) is 1. The first-order valence-corrected chi connectivity index (χ1v) is 3.93. The van der Waals surface area contributed by atoms with E-state index in [1.807, 2.05) is 0 Å². The third-order valence-corrected chi connectivity index (χ3v) is 2.74. The Labute approximate surface area is 61.3 Å². The molecule has 0 aromatic heterocycles. The van der Waals surface area contributed by atoms with Crippen LogP contribution in [0.25, 0.3) is 0 Å². The molecule has 2 nitrogen and oxygen atoms in total. The molecular formula is C8H13NO. The Balaban J connectivity index is 1.99. The quantitative estimate of drug-likeness (QED) is 0.499. The first-order valence-electron chi connectivity index (χ1n) is 3.93. The van der Waals surface area contributed by atoms with Gasteiger partial charge in [0, 0.05) is 19.3 Å². The Hall–Kier alpha value is -0.370. The van der Waals surface area contributed by atoms with E-state index in [1.54, 1.807) is 0 Å². The molecule has 1 saturated heterocycles. The van der Waals surface area contributed by atoms with Crippen molar-refractivity contribution >= 4 is 6.72 Å². The fourth-order valence-corrected chi connectivity index (χ4v) is 2.11. The van der Waals surface area contributed by atoms with Crippen molar-refractivity contribution < 1.29 is 4.74 Å². The van der Waals surface area contributed by atoms with Gasteiger partial charge in [-0.1, -0.05) is 0 Å². The molecule has 10 heavy (non-hydrogen) atoms. The smallest absolute Gasteiger partial charge is 0.0499 e. The van der Waals surface area contributed by atoms with Gasteiger partial charge in [-0.2, -0.15) is 0 Å². The van der Waals surface area contributed by atoms with Crippen LogP contribution in [-0.4, -0.2) is 26.0 Å². The number of ether oxygens (including phenoxy) is 1. The van der Waals surface area contributed by atoms with E-state index in [0.29, 0.717) is 6.04 Å². The van der Waals surface area contributed by atoms with Crippen LogP contribution in [0.2, 0.25) is 0 Å². The van der Waals surface area contributed by atoms with Crippen molar-refractivity contribution in [3.63, 3.8) is 0 Å². The van der Waals surface area contributed by atoms with Gasteiger partial charge in [0.25, 0.3) is 0 Å². The normalized spacial score (nSPS) is 45.4. The van der Waals surface area contributed by atoms with E-state index in [0.717, 1.165) is 25.0 Å². The Kier molecular flexibility index (Phi) is 1.49. The molecule has 1 saturated carbocycles. The van der Waals surface area contributed by atoms with Crippen LogP contribution in [0.15, 0.2) is 4.99 Å². The Bertz CT molecular complexity index is 134. The van der Waals surface area contributed by atoms with Crippen molar-refractivity contribution in [2.75, 3.05) is 13.2 Å². The van der Waals surface area contributed by atoms with Crippen LogP contribution in [0.1, 0.15) is 12.8 Å². The zero-order chi connectivity index (χ0) is 6.97. The molecule has 0 aromatic carbocycles. The van der Waals surface area contributed by atoms with E-state index in [2.05, 4.69) is 11.7 Å². The first kappa shape index (κ1) is 6.35. The van der Waals surface area contributed by atoms with Crippen LogP contribution in [0.4, 0.5) is 0 Å². The second kappa shape index (κ2) is 2.35. The van der Waals surface area contributed by atoms with Crippen molar-refractivity contribution in [1.82, 2.24) is 0 Å². The molecule has 2 atom stereocenters. The summed E-state index contributed by atoms with van der Waals surface area (Å²) in [5.74, 6) is 1.60. The molecule has 0 aromatic rings. The molecule has 0 radical (unpaired) electrons. The molecule has 1 aliphatic carbocycles. The minimum Gasteiger partial charge on any atom is -0.381 e. The fourth-order valence-electron chi connectivity index (χ4n) is 2.11. The highest BCUT2D eigenvalue weighted by atomic mass is 16.5. The highest BCUT2D eigenvalue weighted by Gasteiger charge is 2.37. The standard InChI is InChI=1S/C8H13NO/c1-9-8-2-6-4-10-5-7(6)3-8/h6-8H,1-5H2. The molecule has 1 aliphatic heterocycles. The summed E-state index contributed by atoms with van der Waals surface area (Å²) in [6.07, 6.45) is 2.43. The Morgan fingerprint density at radius 2 is 1.80 bits per heavy atom. The average Bonchev–Trinajstić information content (AvgIpc) is 2.42. The molecule has 0 bridgehead atoms. The van der Waals surface area contributed by atoms with E-state index in [4.69, 9.17) is 4.74 Å².